The molecule has 0 radical (unpaired) electrons. The summed E-state index contributed by atoms with van der Waals surface area (Å²) in [5, 5.41) is 12.3. The quantitative estimate of drug-likeness (QED) is 0.532. The van der Waals surface area contributed by atoms with Crippen molar-refractivity contribution < 1.29 is 23.1 Å². The lowest BCUT2D eigenvalue weighted by atomic mass is 10.2. The van der Waals surface area contributed by atoms with Crippen LogP contribution >= 0.6 is 0 Å². The highest BCUT2D eigenvalue weighted by Gasteiger charge is 2.38. The number of H-pyrrole nitrogens is 1. The number of rotatable bonds is 1. The van der Waals surface area contributed by atoms with Gasteiger partial charge in [-0.25, -0.2) is 9.31 Å². The molecule has 0 aliphatic rings. The van der Waals surface area contributed by atoms with Crippen LogP contribution in [0.3, 0.4) is 0 Å². The van der Waals surface area contributed by atoms with Crippen molar-refractivity contribution in [2.45, 2.75) is 6.18 Å². The molecular formula is C17H11F3N4O3. The number of fused-ring (bicyclic) bond motifs is 3. The minimum absolute atomic E-state index is 0.103. The van der Waals surface area contributed by atoms with Gasteiger partial charge in [0.25, 0.3) is 5.56 Å². The predicted molar refractivity (Wildman–Crippen MR) is 90.2 cm³/mol. The Balaban J connectivity index is 0.000000260. The Kier molecular flexibility index (Phi) is 4.63. The van der Waals surface area contributed by atoms with Gasteiger partial charge in [-0.05, 0) is 24.3 Å². The fraction of sp³-hybridized carbons (Fsp3) is 0.0588. The molecule has 4 aromatic rings. The van der Waals surface area contributed by atoms with Gasteiger partial charge in [0.15, 0.2) is 0 Å². The zero-order chi connectivity index (χ0) is 19.6. The molecule has 3 aromatic heterocycles. The maximum atomic E-state index is 12.0. The van der Waals surface area contributed by atoms with Gasteiger partial charge in [0.2, 0.25) is 0 Å². The van der Waals surface area contributed by atoms with E-state index in [4.69, 9.17) is 9.90 Å². The number of carboxylic acid groups (broad SMARTS) is 1. The molecule has 0 atom stereocenters. The summed E-state index contributed by atoms with van der Waals surface area (Å²) in [5.41, 5.74) is 3.15. The second-order valence-electron chi connectivity index (χ2n) is 5.34. The minimum Gasteiger partial charge on any atom is -0.475 e. The summed E-state index contributed by atoms with van der Waals surface area (Å²) in [4.78, 5) is 27.8. The molecule has 7 nitrogen and oxygen atoms in total. The number of hydrogen-bond acceptors (Lipinski definition) is 4. The molecule has 27 heavy (non-hydrogen) atoms. The standard InChI is InChI=1S/C15H10N4O.C2HF3O2/c20-15-11-3-1-2-4-13(11)19-14(17-15)9-12(18-19)10-5-7-16-8-6-10;3-2(4,5)1(6)7/h1-9H,(H,17,20);(H,6,7). The van der Waals surface area contributed by atoms with Crippen LogP contribution in [-0.4, -0.2) is 36.8 Å². The van der Waals surface area contributed by atoms with Gasteiger partial charge in [-0.1, -0.05) is 12.1 Å². The average Bonchev–Trinajstić information content (AvgIpc) is 3.07. The monoisotopic (exact) mass is 376 g/mol. The van der Waals surface area contributed by atoms with E-state index in [-0.39, 0.29) is 5.56 Å². The molecule has 2 N–H and O–H groups in total. The third-order valence-electron chi connectivity index (χ3n) is 3.55. The highest BCUT2D eigenvalue weighted by Crippen LogP contribution is 2.19. The summed E-state index contributed by atoms with van der Waals surface area (Å²) < 4.78 is 33.5. The van der Waals surface area contributed by atoms with E-state index >= 15 is 0 Å². The summed E-state index contributed by atoms with van der Waals surface area (Å²) in [5.74, 6) is -2.76. The van der Waals surface area contributed by atoms with Crippen molar-refractivity contribution >= 4 is 22.5 Å². The first-order valence-electron chi connectivity index (χ1n) is 7.48. The molecule has 4 rings (SSSR count). The van der Waals surface area contributed by atoms with Crippen molar-refractivity contribution in [3.63, 3.8) is 0 Å². The van der Waals surface area contributed by atoms with Gasteiger partial charge in [0, 0.05) is 24.0 Å². The Morgan fingerprint density at radius 2 is 1.74 bits per heavy atom. The summed E-state index contributed by atoms with van der Waals surface area (Å²) >= 11 is 0. The van der Waals surface area contributed by atoms with E-state index in [1.54, 1.807) is 23.0 Å². The number of nitrogens with zero attached hydrogens (tertiary/aromatic N) is 3. The van der Waals surface area contributed by atoms with E-state index < -0.39 is 12.1 Å². The summed E-state index contributed by atoms with van der Waals surface area (Å²) in [6.07, 6.45) is -1.64. The molecule has 138 valence electrons. The molecule has 10 heteroatoms. The Morgan fingerprint density at radius 3 is 2.37 bits per heavy atom. The molecule has 0 saturated carbocycles. The van der Waals surface area contributed by atoms with Crippen LogP contribution in [-0.2, 0) is 4.79 Å². The number of pyridine rings is 1. The van der Waals surface area contributed by atoms with Crippen LogP contribution in [0.15, 0.2) is 59.7 Å². The molecular weight excluding hydrogens is 365 g/mol. The van der Waals surface area contributed by atoms with Crippen molar-refractivity contribution in [2.24, 2.45) is 0 Å². The number of aliphatic carboxylic acids is 1. The van der Waals surface area contributed by atoms with Gasteiger partial charge in [0.1, 0.15) is 5.65 Å². The first-order valence-corrected chi connectivity index (χ1v) is 7.48. The van der Waals surface area contributed by atoms with Crippen molar-refractivity contribution in [1.29, 1.82) is 0 Å². The number of alkyl halides is 3. The molecule has 0 amide bonds. The van der Waals surface area contributed by atoms with Crippen molar-refractivity contribution in [2.75, 3.05) is 0 Å². The van der Waals surface area contributed by atoms with E-state index in [2.05, 4.69) is 15.1 Å². The van der Waals surface area contributed by atoms with Crippen LogP contribution < -0.4 is 5.56 Å². The molecule has 0 aliphatic heterocycles. The number of nitrogens with one attached hydrogen (secondary N) is 1. The van der Waals surface area contributed by atoms with E-state index in [0.29, 0.717) is 11.0 Å². The third kappa shape index (κ3) is 3.78. The molecule has 0 unspecified atom stereocenters. The number of para-hydroxylation sites is 1. The Bertz CT molecular complexity index is 1170. The molecule has 0 fully saturated rings. The van der Waals surface area contributed by atoms with Gasteiger partial charge in [0.05, 0.1) is 16.6 Å². The topological polar surface area (TPSA) is 100 Å². The first kappa shape index (κ1) is 18.1. The summed E-state index contributed by atoms with van der Waals surface area (Å²) in [7, 11) is 0. The number of hydrogen-bond donors (Lipinski definition) is 2. The zero-order valence-electron chi connectivity index (χ0n) is 13.4. The normalized spacial score (nSPS) is 11.2. The molecule has 1 aromatic carbocycles. The molecule has 0 aliphatic carbocycles. The highest BCUT2D eigenvalue weighted by atomic mass is 19.4. The van der Waals surface area contributed by atoms with Gasteiger partial charge in [-0.3, -0.25) is 9.78 Å². The van der Waals surface area contributed by atoms with Crippen LogP contribution in [0.1, 0.15) is 0 Å². The Morgan fingerprint density at radius 1 is 1.11 bits per heavy atom. The first-order chi connectivity index (χ1) is 12.8. The number of carbonyl (C=O) groups is 1. The average molecular weight is 376 g/mol. The number of aromatic nitrogens is 4. The van der Waals surface area contributed by atoms with Gasteiger partial charge in [-0.2, -0.15) is 18.3 Å². The van der Waals surface area contributed by atoms with Crippen molar-refractivity contribution in [3.05, 3.63) is 65.2 Å². The second kappa shape index (κ2) is 6.90. The SMILES string of the molecule is O=C(O)C(F)(F)F.O=c1[nH]c2cc(-c3ccncc3)nn2c2ccccc12. The molecule has 0 saturated heterocycles. The van der Waals surface area contributed by atoms with E-state index in [1.165, 1.54) is 0 Å². The lowest BCUT2D eigenvalue weighted by Gasteiger charge is -1.99. The fourth-order valence-corrected chi connectivity index (χ4v) is 2.35. The van der Waals surface area contributed by atoms with Gasteiger partial charge in [-0.15, -0.1) is 0 Å². The van der Waals surface area contributed by atoms with E-state index in [0.717, 1.165) is 16.8 Å². The summed E-state index contributed by atoms with van der Waals surface area (Å²) in [6.45, 7) is 0. The maximum Gasteiger partial charge on any atom is 0.490 e. The number of carboxylic acids is 1. The lowest BCUT2D eigenvalue weighted by molar-refractivity contribution is -0.192. The van der Waals surface area contributed by atoms with Crippen LogP contribution in [0.5, 0.6) is 0 Å². The predicted octanol–water partition coefficient (Wildman–Crippen LogP) is 2.87. The van der Waals surface area contributed by atoms with Crippen LogP contribution in [0.25, 0.3) is 27.8 Å². The number of halogens is 3. The zero-order valence-corrected chi connectivity index (χ0v) is 13.4. The summed E-state index contributed by atoms with van der Waals surface area (Å²) in [6, 6.07) is 13.1. The Hall–Kier alpha value is -3.69. The fourth-order valence-electron chi connectivity index (χ4n) is 2.35. The van der Waals surface area contributed by atoms with E-state index in [1.807, 2.05) is 36.4 Å². The number of benzene rings is 1. The van der Waals surface area contributed by atoms with Crippen LogP contribution in [0.2, 0.25) is 0 Å². The largest absolute Gasteiger partial charge is 0.490 e. The number of aromatic amines is 1. The molecule has 0 spiro atoms. The maximum absolute atomic E-state index is 12.0. The minimum atomic E-state index is -5.08. The van der Waals surface area contributed by atoms with E-state index in [9.17, 15) is 18.0 Å². The molecule has 0 bridgehead atoms. The van der Waals surface area contributed by atoms with Crippen LogP contribution in [0, 0.1) is 0 Å². The highest BCUT2D eigenvalue weighted by molar-refractivity contribution is 5.81. The van der Waals surface area contributed by atoms with Gasteiger partial charge < -0.3 is 10.1 Å². The lowest BCUT2D eigenvalue weighted by Crippen LogP contribution is -2.21. The smallest absolute Gasteiger partial charge is 0.475 e. The van der Waals surface area contributed by atoms with Gasteiger partial charge >= 0.3 is 12.1 Å². The second-order valence-corrected chi connectivity index (χ2v) is 5.34. The van der Waals surface area contributed by atoms with Crippen molar-refractivity contribution in [3.8, 4) is 11.3 Å². The Labute approximate surface area is 148 Å². The molecule has 3 heterocycles. The third-order valence-corrected chi connectivity index (χ3v) is 3.55. The van der Waals surface area contributed by atoms with Crippen LogP contribution in [0.4, 0.5) is 13.2 Å². The van der Waals surface area contributed by atoms with Crippen molar-refractivity contribution in [1.82, 2.24) is 19.6 Å².